The number of hydrogen-bond donors (Lipinski definition) is 0. The van der Waals surface area contributed by atoms with Gasteiger partial charge >= 0.3 is 0 Å². The number of allylic oxidation sites excluding steroid dienone is 2. The van der Waals surface area contributed by atoms with Crippen molar-refractivity contribution >= 4 is 10.9 Å². The predicted octanol–water partition coefficient (Wildman–Crippen LogP) is 3.75. The maximum Gasteiger partial charge on any atom is 0.133 e. The van der Waals surface area contributed by atoms with Crippen molar-refractivity contribution in [2.75, 3.05) is 7.11 Å². The van der Waals surface area contributed by atoms with E-state index in [0.29, 0.717) is 0 Å². The number of nitrogens with zero attached hydrogens (tertiary/aromatic N) is 1. The number of fused-ring (bicyclic) bond motifs is 1. The second-order valence-corrected chi connectivity index (χ2v) is 4.32. The van der Waals surface area contributed by atoms with Gasteiger partial charge < -0.3 is 4.74 Å². The van der Waals surface area contributed by atoms with Crippen molar-refractivity contribution in [3.63, 3.8) is 0 Å². The molecule has 2 nitrogen and oxygen atoms in total. The Morgan fingerprint density at radius 3 is 2.76 bits per heavy atom. The molecule has 0 bridgehead atoms. The molecule has 0 amide bonds. The lowest BCUT2D eigenvalue weighted by atomic mass is 10.1. The molecule has 0 N–H and O–H groups in total. The summed E-state index contributed by atoms with van der Waals surface area (Å²) < 4.78 is 5.52. The van der Waals surface area contributed by atoms with E-state index in [1.54, 1.807) is 7.11 Å². The van der Waals surface area contributed by atoms with Crippen LogP contribution in [0, 0.1) is 0 Å². The Labute approximate surface area is 102 Å². The standard InChI is InChI=1S/C15H17NO/c1-11(2)8-9-12-10-16-14-7-5-4-6-13(14)15(12)17-3/h4-8,10H,9H2,1-3H3. The lowest BCUT2D eigenvalue weighted by Crippen LogP contribution is -1.94. The van der Waals surface area contributed by atoms with Crippen LogP contribution < -0.4 is 4.74 Å². The van der Waals surface area contributed by atoms with E-state index >= 15 is 0 Å². The summed E-state index contributed by atoms with van der Waals surface area (Å²) in [6.45, 7) is 4.20. The summed E-state index contributed by atoms with van der Waals surface area (Å²) in [5.74, 6) is 0.938. The van der Waals surface area contributed by atoms with Crippen LogP contribution in [0.2, 0.25) is 0 Å². The van der Waals surface area contributed by atoms with Crippen LogP contribution in [0.25, 0.3) is 10.9 Å². The lowest BCUT2D eigenvalue weighted by Gasteiger charge is -2.09. The second kappa shape index (κ2) is 5.00. The number of aromatic nitrogens is 1. The second-order valence-electron chi connectivity index (χ2n) is 4.32. The third-order valence-electron chi connectivity index (χ3n) is 2.73. The van der Waals surface area contributed by atoms with Crippen LogP contribution in [0.15, 0.2) is 42.1 Å². The summed E-state index contributed by atoms with van der Waals surface area (Å²) in [5.41, 5.74) is 3.41. The van der Waals surface area contributed by atoms with Crippen molar-refractivity contribution < 1.29 is 4.74 Å². The third-order valence-corrected chi connectivity index (χ3v) is 2.73. The number of rotatable bonds is 3. The minimum absolute atomic E-state index is 0.864. The molecule has 0 unspecified atom stereocenters. The largest absolute Gasteiger partial charge is 0.496 e. The van der Waals surface area contributed by atoms with Crippen molar-refractivity contribution in [3.05, 3.63) is 47.7 Å². The van der Waals surface area contributed by atoms with Gasteiger partial charge in [0, 0.05) is 17.1 Å². The Balaban J connectivity index is 2.53. The van der Waals surface area contributed by atoms with E-state index < -0.39 is 0 Å². The van der Waals surface area contributed by atoms with Crippen LogP contribution >= 0.6 is 0 Å². The number of benzene rings is 1. The van der Waals surface area contributed by atoms with Crippen LogP contribution in [0.1, 0.15) is 19.4 Å². The fourth-order valence-corrected chi connectivity index (χ4v) is 1.86. The monoisotopic (exact) mass is 227 g/mol. The van der Waals surface area contributed by atoms with Crippen LogP contribution in [0.3, 0.4) is 0 Å². The van der Waals surface area contributed by atoms with Gasteiger partial charge in [0.15, 0.2) is 0 Å². The van der Waals surface area contributed by atoms with E-state index in [1.165, 1.54) is 5.57 Å². The van der Waals surface area contributed by atoms with E-state index in [4.69, 9.17) is 4.74 Å². The van der Waals surface area contributed by atoms with E-state index in [-0.39, 0.29) is 0 Å². The number of methoxy groups -OCH3 is 1. The molecule has 88 valence electrons. The molecule has 1 aromatic heterocycles. The molecule has 0 saturated heterocycles. The molecule has 0 spiro atoms. The maximum atomic E-state index is 5.52. The van der Waals surface area contributed by atoms with Crippen molar-refractivity contribution in [2.24, 2.45) is 0 Å². The Bertz CT molecular complexity index is 554. The Morgan fingerprint density at radius 2 is 2.06 bits per heavy atom. The molecule has 1 aromatic carbocycles. The zero-order valence-corrected chi connectivity index (χ0v) is 10.5. The van der Waals surface area contributed by atoms with Crippen molar-refractivity contribution in [3.8, 4) is 5.75 Å². The summed E-state index contributed by atoms with van der Waals surface area (Å²) in [4.78, 5) is 4.46. The first-order chi connectivity index (χ1) is 8.22. The highest BCUT2D eigenvalue weighted by Gasteiger charge is 2.07. The van der Waals surface area contributed by atoms with Gasteiger partial charge in [-0.15, -0.1) is 0 Å². The molecule has 0 saturated carbocycles. The average Bonchev–Trinajstić information content (AvgIpc) is 2.35. The first-order valence-electron chi connectivity index (χ1n) is 5.76. The Morgan fingerprint density at radius 1 is 1.29 bits per heavy atom. The fraction of sp³-hybridized carbons (Fsp3) is 0.267. The SMILES string of the molecule is COc1c(CC=C(C)C)cnc2ccccc12. The Kier molecular flexibility index (Phi) is 3.43. The minimum atomic E-state index is 0.864. The van der Waals surface area contributed by atoms with Gasteiger partial charge in [-0.2, -0.15) is 0 Å². The van der Waals surface area contributed by atoms with E-state index in [0.717, 1.165) is 28.6 Å². The van der Waals surface area contributed by atoms with Gasteiger partial charge in [-0.25, -0.2) is 0 Å². The van der Waals surface area contributed by atoms with Gasteiger partial charge in [0.25, 0.3) is 0 Å². The van der Waals surface area contributed by atoms with Gasteiger partial charge in [0.2, 0.25) is 0 Å². The topological polar surface area (TPSA) is 22.1 Å². The molecule has 0 radical (unpaired) electrons. The summed E-state index contributed by atoms with van der Waals surface area (Å²) in [5, 5.41) is 1.08. The molecular formula is C15H17NO. The molecule has 0 aliphatic heterocycles. The summed E-state index contributed by atoms with van der Waals surface area (Å²) >= 11 is 0. The summed E-state index contributed by atoms with van der Waals surface area (Å²) in [6, 6.07) is 8.05. The van der Waals surface area contributed by atoms with Gasteiger partial charge in [0.05, 0.1) is 12.6 Å². The van der Waals surface area contributed by atoms with Gasteiger partial charge in [-0.1, -0.05) is 23.8 Å². The molecular weight excluding hydrogens is 210 g/mol. The van der Waals surface area contributed by atoms with Gasteiger partial charge in [-0.3, -0.25) is 4.98 Å². The smallest absolute Gasteiger partial charge is 0.133 e. The quantitative estimate of drug-likeness (QED) is 0.745. The zero-order chi connectivity index (χ0) is 12.3. The van der Waals surface area contributed by atoms with E-state index in [9.17, 15) is 0 Å². The van der Waals surface area contributed by atoms with Crippen LogP contribution in [-0.2, 0) is 6.42 Å². The number of hydrogen-bond acceptors (Lipinski definition) is 2. The third kappa shape index (κ3) is 2.47. The molecule has 0 aliphatic rings. The molecule has 0 fully saturated rings. The first-order valence-corrected chi connectivity index (χ1v) is 5.76. The number of ether oxygens (including phenoxy) is 1. The molecule has 2 rings (SSSR count). The normalized spacial score (nSPS) is 10.3. The molecule has 0 aliphatic carbocycles. The Hall–Kier alpha value is -1.83. The molecule has 17 heavy (non-hydrogen) atoms. The van der Waals surface area contributed by atoms with Crippen molar-refractivity contribution in [1.29, 1.82) is 0 Å². The summed E-state index contributed by atoms with van der Waals surface area (Å²) in [6.07, 6.45) is 4.96. The average molecular weight is 227 g/mol. The molecule has 2 aromatic rings. The fourth-order valence-electron chi connectivity index (χ4n) is 1.86. The lowest BCUT2D eigenvalue weighted by molar-refractivity contribution is 0.415. The molecule has 1 heterocycles. The summed E-state index contributed by atoms with van der Waals surface area (Å²) in [7, 11) is 1.72. The van der Waals surface area contributed by atoms with Crippen molar-refractivity contribution in [1.82, 2.24) is 4.98 Å². The highest BCUT2D eigenvalue weighted by molar-refractivity contribution is 5.86. The predicted molar refractivity (Wildman–Crippen MR) is 71.4 cm³/mol. The van der Waals surface area contributed by atoms with Crippen molar-refractivity contribution in [2.45, 2.75) is 20.3 Å². The first kappa shape index (κ1) is 11.6. The van der Waals surface area contributed by atoms with Crippen LogP contribution in [0.5, 0.6) is 5.75 Å². The molecule has 2 heteroatoms. The van der Waals surface area contributed by atoms with Gasteiger partial charge in [-0.05, 0) is 32.4 Å². The minimum Gasteiger partial charge on any atom is -0.496 e. The zero-order valence-electron chi connectivity index (χ0n) is 10.5. The molecule has 0 atom stereocenters. The van der Waals surface area contributed by atoms with Crippen LogP contribution in [-0.4, -0.2) is 12.1 Å². The van der Waals surface area contributed by atoms with E-state index in [1.807, 2.05) is 30.5 Å². The van der Waals surface area contributed by atoms with E-state index in [2.05, 4.69) is 24.9 Å². The maximum absolute atomic E-state index is 5.52. The number of para-hydroxylation sites is 1. The highest BCUT2D eigenvalue weighted by atomic mass is 16.5. The highest BCUT2D eigenvalue weighted by Crippen LogP contribution is 2.28. The van der Waals surface area contributed by atoms with Gasteiger partial charge in [0.1, 0.15) is 5.75 Å². The van der Waals surface area contributed by atoms with Crippen LogP contribution in [0.4, 0.5) is 0 Å². The number of pyridine rings is 1.